The zero-order chi connectivity index (χ0) is 49.6. The van der Waals surface area contributed by atoms with Gasteiger partial charge in [-0.15, -0.1) is 0 Å². The molecule has 0 aliphatic carbocycles. The normalized spacial score (nSPS) is 11.9. The van der Waals surface area contributed by atoms with Crippen molar-refractivity contribution in [2.24, 2.45) is 0 Å². The van der Waals surface area contributed by atoms with Crippen molar-refractivity contribution in [3.8, 4) is 23.0 Å². The Morgan fingerprint density at radius 1 is 0.544 bits per heavy atom. The van der Waals surface area contributed by atoms with Gasteiger partial charge in [-0.1, -0.05) is 48.5 Å². The van der Waals surface area contributed by atoms with Crippen molar-refractivity contribution in [3.05, 3.63) is 143 Å². The number of ether oxygens (including phenoxy) is 4. The number of alkyl halides is 1. The van der Waals surface area contributed by atoms with Gasteiger partial charge in [-0.25, -0.2) is 21.2 Å². The van der Waals surface area contributed by atoms with E-state index in [-0.39, 0.29) is 60.6 Å². The van der Waals surface area contributed by atoms with Gasteiger partial charge in [0.1, 0.15) is 35.4 Å². The third kappa shape index (κ3) is 13.7. The Labute approximate surface area is 399 Å². The van der Waals surface area contributed by atoms with Crippen LogP contribution in [0.2, 0.25) is 0 Å². The standard InChI is InChI=1S/C26H35FN4O4S.C23H27N3O5S/c1-20(2)31-23(19-29(3)15-14-27)16-26(28-31)36(32,33)30(17-21-6-10-24(34-4)11-7-21)18-22-8-12-25(35-5)13-9-22;1-17(2)26-20(16-27)13-23(24-26)32(28,29)25(14-18-5-9-21(30-3)10-6-18)15-19-7-11-22(31-4)12-8-19/h6-13,16,20H,14-15,17-19H2,1-5H3;5-13,16-17H,14-15H2,1-4H3. The molecule has 6 aromatic rings. The monoisotopic (exact) mass is 975 g/mol. The Kier molecular flexibility index (Phi) is 18.8. The molecule has 0 saturated heterocycles. The Hall–Kier alpha value is -6.12. The van der Waals surface area contributed by atoms with E-state index >= 15 is 0 Å². The molecule has 16 nitrogen and oxygen atoms in total. The Morgan fingerprint density at radius 3 is 1.15 bits per heavy atom. The van der Waals surface area contributed by atoms with Gasteiger partial charge in [0.2, 0.25) is 0 Å². The maximum absolute atomic E-state index is 13.9. The molecular weight excluding hydrogens is 914 g/mol. The number of carbonyl (C=O) groups excluding carboxylic acids is 1. The lowest BCUT2D eigenvalue weighted by Gasteiger charge is -2.22. The molecule has 0 spiro atoms. The predicted molar refractivity (Wildman–Crippen MR) is 258 cm³/mol. The first-order valence-electron chi connectivity index (χ1n) is 21.9. The average molecular weight is 976 g/mol. The summed E-state index contributed by atoms with van der Waals surface area (Å²) in [6, 6.07) is 31.7. The van der Waals surface area contributed by atoms with Gasteiger partial charge >= 0.3 is 0 Å². The molecule has 0 aliphatic heterocycles. The van der Waals surface area contributed by atoms with Crippen LogP contribution in [-0.4, -0.2) is 105 Å². The van der Waals surface area contributed by atoms with Crippen LogP contribution < -0.4 is 18.9 Å². The second kappa shape index (κ2) is 24.2. The number of nitrogens with zero attached hydrogens (tertiary/aromatic N) is 7. The van der Waals surface area contributed by atoms with Crippen LogP contribution in [0.5, 0.6) is 23.0 Å². The Bertz CT molecular complexity index is 2650. The minimum absolute atomic E-state index is 0.0260. The average Bonchev–Trinajstić information content (AvgIpc) is 3.99. The highest BCUT2D eigenvalue weighted by Gasteiger charge is 2.31. The Balaban J connectivity index is 0.000000256. The lowest BCUT2D eigenvalue weighted by Crippen LogP contribution is -2.30. The van der Waals surface area contributed by atoms with Crippen LogP contribution in [0, 0.1) is 0 Å². The molecule has 0 atom stereocenters. The van der Waals surface area contributed by atoms with E-state index in [1.807, 2.05) is 76.2 Å². The van der Waals surface area contributed by atoms with E-state index in [0.717, 1.165) is 22.3 Å². The first-order chi connectivity index (χ1) is 32.4. The number of benzene rings is 4. The highest BCUT2D eigenvalue weighted by atomic mass is 32.2. The van der Waals surface area contributed by atoms with Crippen LogP contribution in [0.1, 0.15) is 78.2 Å². The largest absolute Gasteiger partial charge is 0.497 e. The molecule has 6 rings (SSSR count). The zero-order valence-corrected chi connectivity index (χ0v) is 41.7. The van der Waals surface area contributed by atoms with Crippen molar-refractivity contribution in [3.63, 3.8) is 0 Å². The van der Waals surface area contributed by atoms with Crippen molar-refractivity contribution in [1.82, 2.24) is 33.1 Å². The van der Waals surface area contributed by atoms with Crippen LogP contribution in [0.4, 0.5) is 4.39 Å². The van der Waals surface area contributed by atoms with Crippen LogP contribution in [0.3, 0.4) is 0 Å². The molecule has 0 aliphatic rings. The fourth-order valence-corrected chi connectivity index (χ4v) is 9.81. The first kappa shape index (κ1) is 52.8. The first-order valence-corrected chi connectivity index (χ1v) is 24.7. The number of hydrogen-bond acceptors (Lipinski definition) is 12. The summed E-state index contributed by atoms with van der Waals surface area (Å²) in [5.41, 5.74) is 4.16. The van der Waals surface area contributed by atoms with Gasteiger partial charge in [0, 0.05) is 63.5 Å². The van der Waals surface area contributed by atoms with Crippen molar-refractivity contribution in [2.75, 3.05) is 48.7 Å². The molecule has 68 heavy (non-hydrogen) atoms. The summed E-state index contributed by atoms with van der Waals surface area (Å²) in [5.74, 6) is 2.76. The quantitative estimate of drug-likeness (QED) is 0.0570. The molecule has 2 aromatic heterocycles. The van der Waals surface area contributed by atoms with Crippen LogP contribution in [-0.2, 0) is 52.8 Å². The minimum Gasteiger partial charge on any atom is -0.497 e. The molecule has 0 radical (unpaired) electrons. The van der Waals surface area contributed by atoms with E-state index in [1.165, 1.54) is 19.4 Å². The number of halogens is 1. The van der Waals surface area contributed by atoms with Gasteiger partial charge in [-0.3, -0.25) is 19.1 Å². The topological polar surface area (TPSA) is 168 Å². The van der Waals surface area contributed by atoms with Gasteiger partial charge in [0.15, 0.2) is 16.3 Å². The molecule has 0 saturated carbocycles. The highest BCUT2D eigenvalue weighted by molar-refractivity contribution is 7.89. The van der Waals surface area contributed by atoms with E-state index in [2.05, 4.69) is 10.2 Å². The molecule has 19 heteroatoms. The number of aldehydes is 1. The summed E-state index contributed by atoms with van der Waals surface area (Å²) in [7, 11) is 0.159. The predicted octanol–water partition coefficient (Wildman–Crippen LogP) is 7.96. The fourth-order valence-electron chi connectivity index (χ4n) is 7.07. The minimum atomic E-state index is -3.99. The number of rotatable bonds is 23. The van der Waals surface area contributed by atoms with Gasteiger partial charge < -0.3 is 18.9 Å². The molecule has 0 fully saturated rings. The van der Waals surface area contributed by atoms with Crippen LogP contribution in [0.15, 0.2) is 119 Å². The number of carbonyl (C=O) groups is 1. The molecule has 2 heterocycles. The Morgan fingerprint density at radius 2 is 0.868 bits per heavy atom. The van der Waals surface area contributed by atoms with Crippen molar-refractivity contribution in [1.29, 1.82) is 0 Å². The molecule has 366 valence electrons. The van der Waals surface area contributed by atoms with Crippen molar-refractivity contribution >= 4 is 26.3 Å². The van der Waals surface area contributed by atoms with Gasteiger partial charge in [-0.2, -0.15) is 18.8 Å². The maximum Gasteiger partial charge on any atom is 0.263 e. The van der Waals surface area contributed by atoms with E-state index in [4.69, 9.17) is 18.9 Å². The fraction of sp³-hybridized carbons (Fsp3) is 0.367. The molecular formula is C49H62FN7O9S2. The molecule has 4 aromatic carbocycles. The smallest absolute Gasteiger partial charge is 0.263 e. The van der Waals surface area contributed by atoms with Gasteiger partial charge in [0.05, 0.1) is 34.1 Å². The van der Waals surface area contributed by atoms with Crippen LogP contribution >= 0.6 is 0 Å². The summed E-state index contributed by atoms with van der Waals surface area (Å²) < 4.78 is 94.5. The number of sulfonamides is 2. The number of methoxy groups -OCH3 is 4. The second-order valence-electron chi connectivity index (χ2n) is 16.4. The van der Waals surface area contributed by atoms with Gasteiger partial charge in [0.25, 0.3) is 20.0 Å². The lowest BCUT2D eigenvalue weighted by atomic mass is 10.2. The second-order valence-corrected chi connectivity index (χ2v) is 20.2. The molecule has 0 N–H and O–H groups in total. The maximum atomic E-state index is 13.9. The SMILES string of the molecule is COc1ccc(CN(Cc2ccc(OC)cc2)S(=O)(=O)c2cc(C=O)n(C(C)C)n2)cc1.COc1ccc(CN(Cc2ccc(OC)cc2)S(=O)(=O)c2cc(CN(C)CCF)n(C(C)C)n2)cc1. The number of hydrogen-bond donors (Lipinski definition) is 0. The van der Waals surface area contributed by atoms with Crippen molar-refractivity contribution in [2.45, 2.75) is 82.6 Å². The third-order valence-electron chi connectivity index (χ3n) is 10.8. The highest BCUT2D eigenvalue weighted by Crippen LogP contribution is 2.27. The van der Waals surface area contributed by atoms with E-state index < -0.39 is 26.7 Å². The summed E-state index contributed by atoms with van der Waals surface area (Å²) in [5, 5.41) is 8.52. The summed E-state index contributed by atoms with van der Waals surface area (Å²) >= 11 is 0. The molecule has 0 amide bonds. The van der Waals surface area contributed by atoms with E-state index in [1.54, 1.807) is 99.7 Å². The molecule has 0 unspecified atom stereocenters. The van der Waals surface area contributed by atoms with Gasteiger partial charge in [-0.05, 0) is 106 Å². The van der Waals surface area contributed by atoms with E-state index in [0.29, 0.717) is 41.5 Å². The van der Waals surface area contributed by atoms with Crippen molar-refractivity contribution < 1.29 is 45.0 Å². The summed E-state index contributed by atoms with van der Waals surface area (Å²) in [6.45, 7) is 8.29. The third-order valence-corrected chi connectivity index (χ3v) is 14.1. The zero-order valence-electron chi connectivity index (χ0n) is 40.1. The summed E-state index contributed by atoms with van der Waals surface area (Å²) in [4.78, 5) is 13.3. The summed E-state index contributed by atoms with van der Waals surface area (Å²) in [6.07, 6.45) is 0.614. The van der Waals surface area contributed by atoms with E-state index in [9.17, 15) is 26.0 Å². The lowest BCUT2D eigenvalue weighted by molar-refractivity contribution is 0.111. The number of aromatic nitrogens is 4. The molecule has 0 bridgehead atoms. The van der Waals surface area contributed by atoms with Crippen LogP contribution in [0.25, 0.3) is 0 Å².